The molecule has 0 saturated carbocycles. The van der Waals surface area contributed by atoms with E-state index in [4.69, 9.17) is 16.3 Å². The van der Waals surface area contributed by atoms with Gasteiger partial charge in [-0.2, -0.15) is 10.2 Å². The van der Waals surface area contributed by atoms with Crippen molar-refractivity contribution in [2.24, 2.45) is 10.2 Å². The van der Waals surface area contributed by atoms with Crippen LogP contribution in [-0.4, -0.2) is 6.61 Å². The van der Waals surface area contributed by atoms with Crippen LogP contribution in [0.3, 0.4) is 0 Å². The van der Waals surface area contributed by atoms with E-state index in [0.29, 0.717) is 11.6 Å². The summed E-state index contributed by atoms with van der Waals surface area (Å²) in [6.07, 6.45) is 13.2. The molecule has 0 bridgehead atoms. The second-order valence-corrected chi connectivity index (χ2v) is 7.59. The van der Waals surface area contributed by atoms with E-state index in [1.165, 1.54) is 57.8 Å². The molecule has 0 aliphatic rings. The summed E-state index contributed by atoms with van der Waals surface area (Å²) < 4.78 is 5.82. The lowest BCUT2D eigenvalue weighted by molar-refractivity contribution is 0.304. The van der Waals surface area contributed by atoms with Gasteiger partial charge in [0.2, 0.25) is 0 Å². The second kappa shape index (κ2) is 14.2. The molecule has 0 heterocycles. The topological polar surface area (TPSA) is 34.0 Å². The van der Waals surface area contributed by atoms with Crippen molar-refractivity contribution in [3.05, 3.63) is 53.6 Å². The fourth-order valence-corrected chi connectivity index (χ4v) is 3.28. The molecule has 2 aromatic rings. The number of azo groups is 1. The summed E-state index contributed by atoms with van der Waals surface area (Å²) in [5, 5.41) is 9.01. The summed E-state index contributed by atoms with van der Waals surface area (Å²) in [6.45, 7) is 2.97. The number of nitrogens with zero attached hydrogens (tertiary/aromatic N) is 2. The highest BCUT2D eigenvalue weighted by atomic mass is 35.5. The molecule has 0 N–H and O–H groups in total. The summed E-state index contributed by atoms with van der Waals surface area (Å²) in [4.78, 5) is 0. The van der Waals surface area contributed by atoms with Gasteiger partial charge in [0.15, 0.2) is 0 Å². The third-order valence-electron chi connectivity index (χ3n) is 4.71. The quantitative estimate of drug-likeness (QED) is 0.230. The Bertz CT molecular complexity index is 688. The van der Waals surface area contributed by atoms with E-state index in [1.54, 1.807) is 6.07 Å². The van der Waals surface area contributed by atoms with E-state index in [0.717, 1.165) is 23.5 Å². The van der Waals surface area contributed by atoms with Crippen LogP contribution in [0.5, 0.6) is 5.75 Å². The van der Waals surface area contributed by atoms with E-state index in [-0.39, 0.29) is 0 Å². The zero-order chi connectivity index (χ0) is 19.9. The van der Waals surface area contributed by atoms with Crippen LogP contribution in [0, 0.1) is 0 Å². The molecule has 0 atom stereocenters. The van der Waals surface area contributed by atoms with Crippen LogP contribution in [0.15, 0.2) is 58.8 Å². The van der Waals surface area contributed by atoms with Crippen LogP contribution in [0.1, 0.15) is 71.1 Å². The van der Waals surface area contributed by atoms with Crippen molar-refractivity contribution in [1.29, 1.82) is 0 Å². The minimum absolute atomic E-state index is 0.580. The highest BCUT2D eigenvalue weighted by molar-refractivity contribution is 6.32. The maximum Gasteiger partial charge on any atom is 0.138 e. The van der Waals surface area contributed by atoms with Gasteiger partial charge in [0, 0.05) is 0 Å². The number of hydrogen-bond acceptors (Lipinski definition) is 3. The smallest absolute Gasteiger partial charge is 0.138 e. The Labute approximate surface area is 175 Å². The molecule has 152 valence electrons. The molecular weight excluding hydrogens is 368 g/mol. The van der Waals surface area contributed by atoms with Crippen molar-refractivity contribution in [3.63, 3.8) is 0 Å². The summed E-state index contributed by atoms with van der Waals surface area (Å²) in [5.41, 5.74) is 1.54. The molecule has 0 radical (unpaired) electrons. The number of hydrogen-bond donors (Lipinski definition) is 0. The number of unbranched alkanes of at least 4 members (excludes halogenated alkanes) is 9. The van der Waals surface area contributed by atoms with Crippen molar-refractivity contribution in [3.8, 4) is 5.75 Å². The standard InChI is InChI=1S/C24H33ClN2O/c1-2-3-4-5-6-7-8-9-10-14-19-28-24-18-17-22(20-23(24)25)27-26-21-15-12-11-13-16-21/h11-13,15-18,20H,2-10,14,19H2,1H3. The normalized spacial score (nSPS) is 11.2. The van der Waals surface area contributed by atoms with Gasteiger partial charge < -0.3 is 4.74 Å². The van der Waals surface area contributed by atoms with Crippen molar-refractivity contribution < 1.29 is 4.74 Å². The number of benzene rings is 2. The average Bonchev–Trinajstić information content (AvgIpc) is 2.72. The van der Waals surface area contributed by atoms with Crippen molar-refractivity contribution in [2.45, 2.75) is 71.1 Å². The molecular formula is C24H33ClN2O. The Kier molecular flexibility index (Phi) is 11.3. The first-order valence-electron chi connectivity index (χ1n) is 10.7. The van der Waals surface area contributed by atoms with Gasteiger partial charge in [0.05, 0.1) is 23.0 Å². The molecule has 28 heavy (non-hydrogen) atoms. The van der Waals surface area contributed by atoms with Crippen LogP contribution in [0.25, 0.3) is 0 Å². The monoisotopic (exact) mass is 400 g/mol. The second-order valence-electron chi connectivity index (χ2n) is 7.18. The molecule has 0 aliphatic carbocycles. The predicted octanol–water partition coefficient (Wildman–Crippen LogP) is 9.06. The Morgan fingerprint density at radius 3 is 1.96 bits per heavy atom. The highest BCUT2D eigenvalue weighted by Crippen LogP contribution is 2.30. The number of ether oxygens (including phenoxy) is 1. The van der Waals surface area contributed by atoms with Gasteiger partial charge in [-0.25, -0.2) is 0 Å². The van der Waals surface area contributed by atoms with Gasteiger partial charge in [-0.05, 0) is 36.8 Å². The Morgan fingerprint density at radius 1 is 0.714 bits per heavy atom. The third-order valence-corrected chi connectivity index (χ3v) is 5.00. The van der Waals surface area contributed by atoms with Crippen molar-refractivity contribution in [1.82, 2.24) is 0 Å². The Morgan fingerprint density at radius 2 is 1.32 bits per heavy atom. The van der Waals surface area contributed by atoms with Crippen LogP contribution >= 0.6 is 11.6 Å². The fourth-order valence-electron chi connectivity index (χ4n) is 3.05. The average molecular weight is 401 g/mol. The molecule has 2 rings (SSSR count). The van der Waals surface area contributed by atoms with Crippen LogP contribution in [-0.2, 0) is 0 Å². The van der Waals surface area contributed by atoms with Gasteiger partial charge in [-0.1, -0.05) is 94.5 Å². The Hall–Kier alpha value is -1.87. The molecule has 0 amide bonds. The lowest BCUT2D eigenvalue weighted by atomic mass is 10.1. The minimum Gasteiger partial charge on any atom is -0.492 e. The highest BCUT2D eigenvalue weighted by Gasteiger charge is 2.03. The predicted molar refractivity (Wildman–Crippen MR) is 119 cm³/mol. The van der Waals surface area contributed by atoms with E-state index in [1.807, 2.05) is 42.5 Å². The van der Waals surface area contributed by atoms with Gasteiger partial charge >= 0.3 is 0 Å². The summed E-state index contributed by atoms with van der Waals surface area (Å²) in [6, 6.07) is 15.2. The van der Waals surface area contributed by atoms with E-state index in [2.05, 4.69) is 17.2 Å². The largest absolute Gasteiger partial charge is 0.492 e. The van der Waals surface area contributed by atoms with E-state index >= 15 is 0 Å². The Balaban J connectivity index is 1.59. The molecule has 0 aliphatic heterocycles. The van der Waals surface area contributed by atoms with Gasteiger partial charge in [0.25, 0.3) is 0 Å². The fraction of sp³-hybridized carbons (Fsp3) is 0.500. The van der Waals surface area contributed by atoms with Gasteiger partial charge in [-0.3, -0.25) is 0 Å². The maximum atomic E-state index is 6.32. The third kappa shape index (κ3) is 9.36. The molecule has 2 aromatic carbocycles. The minimum atomic E-state index is 0.580. The molecule has 3 nitrogen and oxygen atoms in total. The first-order valence-corrected chi connectivity index (χ1v) is 11.1. The lowest BCUT2D eigenvalue weighted by Gasteiger charge is -2.08. The zero-order valence-electron chi connectivity index (χ0n) is 17.1. The van der Waals surface area contributed by atoms with Crippen molar-refractivity contribution >= 4 is 23.0 Å². The van der Waals surface area contributed by atoms with Crippen molar-refractivity contribution in [2.75, 3.05) is 6.61 Å². The number of halogens is 1. The van der Waals surface area contributed by atoms with Crippen LogP contribution < -0.4 is 4.74 Å². The molecule has 0 aromatic heterocycles. The first-order chi connectivity index (χ1) is 13.8. The SMILES string of the molecule is CCCCCCCCCCCCOc1ccc(N=Nc2ccccc2)cc1Cl. The van der Waals surface area contributed by atoms with Gasteiger partial charge in [-0.15, -0.1) is 0 Å². The molecule has 0 spiro atoms. The summed E-state index contributed by atoms with van der Waals surface area (Å²) in [5.74, 6) is 0.719. The molecule has 0 unspecified atom stereocenters. The summed E-state index contributed by atoms with van der Waals surface area (Å²) in [7, 11) is 0. The lowest BCUT2D eigenvalue weighted by Crippen LogP contribution is -1.97. The molecule has 4 heteroatoms. The first kappa shape index (κ1) is 22.4. The number of rotatable bonds is 14. The molecule has 0 fully saturated rings. The molecule has 0 saturated heterocycles. The van der Waals surface area contributed by atoms with Gasteiger partial charge in [0.1, 0.15) is 5.75 Å². The van der Waals surface area contributed by atoms with Crippen LogP contribution in [0.4, 0.5) is 11.4 Å². The summed E-state index contributed by atoms with van der Waals surface area (Å²) >= 11 is 6.32. The maximum absolute atomic E-state index is 6.32. The van der Waals surface area contributed by atoms with E-state index in [9.17, 15) is 0 Å². The zero-order valence-corrected chi connectivity index (χ0v) is 17.8. The van der Waals surface area contributed by atoms with Crippen LogP contribution in [0.2, 0.25) is 5.02 Å². The van der Waals surface area contributed by atoms with E-state index < -0.39 is 0 Å².